The predicted molar refractivity (Wildman–Crippen MR) is 119 cm³/mol. The van der Waals surface area contributed by atoms with Crippen LogP contribution in [0.1, 0.15) is 53.0 Å². The van der Waals surface area contributed by atoms with Gasteiger partial charge in [-0.15, -0.1) is 0 Å². The first-order valence-corrected chi connectivity index (χ1v) is 12.0. The van der Waals surface area contributed by atoms with E-state index in [-0.39, 0.29) is 22.8 Å². The molecule has 3 rings (SSSR count). The number of nitrogens with one attached hydrogen (secondary N) is 1. The molecule has 0 saturated heterocycles. The maximum absolute atomic E-state index is 13.2. The molecule has 0 atom stereocenters. The molecule has 0 heterocycles. The summed E-state index contributed by atoms with van der Waals surface area (Å²) in [6, 6.07) is 13.6. The number of hydrogen-bond donors (Lipinski definition) is 1. The van der Waals surface area contributed by atoms with Crippen LogP contribution < -0.4 is 5.32 Å². The van der Waals surface area contributed by atoms with Crippen molar-refractivity contribution < 1.29 is 18.0 Å². The van der Waals surface area contributed by atoms with Gasteiger partial charge in [-0.25, -0.2) is 8.42 Å². The summed E-state index contributed by atoms with van der Waals surface area (Å²) in [5.74, 6) is -0.272. The zero-order valence-electron chi connectivity index (χ0n) is 18.2. The summed E-state index contributed by atoms with van der Waals surface area (Å²) < 4.78 is 26.7. The highest BCUT2D eigenvalue weighted by Crippen LogP contribution is 2.30. The monoisotopic (exact) mass is 443 g/mol. The Bertz CT molecular complexity index is 1030. The molecule has 1 N–H and O–H groups in total. The van der Waals surface area contributed by atoms with Crippen LogP contribution in [-0.4, -0.2) is 55.6 Å². The van der Waals surface area contributed by atoms with Gasteiger partial charge >= 0.3 is 0 Å². The number of rotatable bonds is 9. The lowest BCUT2D eigenvalue weighted by molar-refractivity contribution is 0.0729. The number of sulfonamides is 1. The van der Waals surface area contributed by atoms with Crippen LogP contribution in [-0.2, 0) is 16.6 Å². The molecule has 1 aliphatic carbocycles. The molecule has 0 radical (unpaired) electrons. The van der Waals surface area contributed by atoms with Crippen molar-refractivity contribution in [1.29, 1.82) is 0 Å². The van der Waals surface area contributed by atoms with Crippen LogP contribution in [0.2, 0.25) is 0 Å². The lowest BCUT2D eigenvalue weighted by Gasteiger charge is -2.23. The van der Waals surface area contributed by atoms with Gasteiger partial charge in [0.1, 0.15) is 0 Å². The molecule has 0 aliphatic heterocycles. The summed E-state index contributed by atoms with van der Waals surface area (Å²) in [7, 11) is -1.97. The molecule has 8 heteroatoms. The smallest absolute Gasteiger partial charge is 0.254 e. The minimum atomic E-state index is -3.55. The number of hydrogen-bond acceptors (Lipinski definition) is 4. The van der Waals surface area contributed by atoms with Gasteiger partial charge in [-0.2, -0.15) is 4.31 Å². The Morgan fingerprint density at radius 3 is 1.97 bits per heavy atom. The van der Waals surface area contributed by atoms with E-state index in [9.17, 15) is 18.0 Å². The van der Waals surface area contributed by atoms with Crippen molar-refractivity contribution in [2.45, 2.75) is 44.2 Å². The standard InChI is InChI=1S/C23H29N3O4S/c1-4-25(5-2)31(29,30)21-14-10-19(11-15-21)23(28)26(20-12-13-20)16-17-6-8-18(9-7-17)22(27)24-3/h6-11,14-15,20H,4-5,12-13,16H2,1-3H3,(H,24,27). The molecule has 2 aromatic rings. The van der Waals surface area contributed by atoms with E-state index in [1.165, 1.54) is 16.4 Å². The van der Waals surface area contributed by atoms with Crippen LogP contribution in [0.15, 0.2) is 53.4 Å². The Kier molecular flexibility index (Phi) is 7.12. The minimum absolute atomic E-state index is 0.121. The molecule has 0 bridgehead atoms. The van der Waals surface area contributed by atoms with E-state index in [2.05, 4.69) is 5.32 Å². The molecule has 1 aliphatic rings. The van der Waals surface area contributed by atoms with Crippen LogP contribution in [0, 0.1) is 0 Å². The maximum atomic E-state index is 13.2. The Balaban J connectivity index is 1.77. The second kappa shape index (κ2) is 9.62. The van der Waals surface area contributed by atoms with E-state index < -0.39 is 10.0 Å². The van der Waals surface area contributed by atoms with Crippen LogP contribution in [0.25, 0.3) is 0 Å². The molecule has 1 saturated carbocycles. The van der Waals surface area contributed by atoms with Crippen LogP contribution in [0.5, 0.6) is 0 Å². The maximum Gasteiger partial charge on any atom is 0.254 e. The first-order chi connectivity index (χ1) is 14.8. The molecule has 1 fully saturated rings. The van der Waals surface area contributed by atoms with Gasteiger partial charge < -0.3 is 10.2 Å². The third-order valence-corrected chi connectivity index (χ3v) is 7.55. The molecule has 2 aromatic carbocycles. The van der Waals surface area contributed by atoms with E-state index in [0.717, 1.165) is 18.4 Å². The minimum Gasteiger partial charge on any atom is -0.355 e. The lowest BCUT2D eigenvalue weighted by atomic mass is 10.1. The second-order valence-corrected chi connectivity index (χ2v) is 9.49. The fourth-order valence-electron chi connectivity index (χ4n) is 3.50. The molecule has 7 nitrogen and oxygen atoms in total. The lowest BCUT2D eigenvalue weighted by Crippen LogP contribution is -2.33. The van der Waals surface area contributed by atoms with Gasteiger partial charge in [0, 0.05) is 43.9 Å². The topological polar surface area (TPSA) is 86.8 Å². The van der Waals surface area contributed by atoms with Crippen LogP contribution in [0.4, 0.5) is 0 Å². The van der Waals surface area contributed by atoms with Crippen molar-refractivity contribution in [3.05, 3.63) is 65.2 Å². The highest BCUT2D eigenvalue weighted by molar-refractivity contribution is 7.89. The van der Waals surface area contributed by atoms with E-state index >= 15 is 0 Å². The van der Waals surface area contributed by atoms with Gasteiger partial charge in [0.05, 0.1) is 4.90 Å². The number of nitrogens with zero attached hydrogens (tertiary/aromatic N) is 2. The zero-order valence-corrected chi connectivity index (χ0v) is 19.0. The largest absolute Gasteiger partial charge is 0.355 e. The Hall–Kier alpha value is -2.71. The van der Waals surface area contributed by atoms with Crippen molar-refractivity contribution in [3.63, 3.8) is 0 Å². The Morgan fingerprint density at radius 1 is 0.935 bits per heavy atom. The fourth-order valence-corrected chi connectivity index (χ4v) is 4.96. The molecule has 0 unspecified atom stereocenters. The van der Waals surface area contributed by atoms with Gasteiger partial charge in [0.2, 0.25) is 10.0 Å². The third-order valence-electron chi connectivity index (χ3n) is 5.49. The molecule has 31 heavy (non-hydrogen) atoms. The summed E-state index contributed by atoms with van der Waals surface area (Å²) in [4.78, 5) is 26.9. The summed E-state index contributed by atoms with van der Waals surface area (Å²) in [6.45, 7) is 4.83. The molecule has 2 amide bonds. The predicted octanol–water partition coefficient (Wildman–Crippen LogP) is 2.88. The SMILES string of the molecule is CCN(CC)S(=O)(=O)c1ccc(C(=O)N(Cc2ccc(C(=O)NC)cc2)C2CC2)cc1. The van der Waals surface area contributed by atoms with E-state index in [1.54, 1.807) is 45.2 Å². The number of amides is 2. The molecular formula is C23H29N3O4S. The molecule has 0 aromatic heterocycles. The Labute approximate surface area is 184 Å². The van der Waals surface area contributed by atoms with Gasteiger partial charge in [-0.05, 0) is 54.8 Å². The summed E-state index contributed by atoms with van der Waals surface area (Å²) >= 11 is 0. The van der Waals surface area contributed by atoms with Crippen LogP contribution in [0.3, 0.4) is 0 Å². The van der Waals surface area contributed by atoms with Gasteiger partial charge in [-0.3, -0.25) is 9.59 Å². The summed E-state index contributed by atoms with van der Waals surface area (Å²) in [6.07, 6.45) is 1.91. The second-order valence-electron chi connectivity index (χ2n) is 7.55. The zero-order chi connectivity index (χ0) is 22.6. The van der Waals surface area contributed by atoms with Gasteiger partial charge in [-0.1, -0.05) is 26.0 Å². The highest BCUT2D eigenvalue weighted by atomic mass is 32.2. The molecule has 0 spiro atoms. The normalized spacial score (nSPS) is 13.8. The molecule has 166 valence electrons. The third kappa shape index (κ3) is 5.14. The Morgan fingerprint density at radius 2 is 1.48 bits per heavy atom. The summed E-state index contributed by atoms with van der Waals surface area (Å²) in [5.41, 5.74) is 1.97. The highest BCUT2D eigenvalue weighted by Gasteiger charge is 2.33. The first kappa shape index (κ1) is 23.0. The van der Waals surface area contributed by atoms with Crippen molar-refractivity contribution >= 4 is 21.8 Å². The number of carbonyl (C=O) groups excluding carboxylic acids is 2. The van der Waals surface area contributed by atoms with Crippen LogP contribution >= 0.6 is 0 Å². The van der Waals surface area contributed by atoms with Crippen molar-refractivity contribution in [2.24, 2.45) is 0 Å². The van der Waals surface area contributed by atoms with Crippen molar-refractivity contribution in [2.75, 3.05) is 20.1 Å². The van der Waals surface area contributed by atoms with Crippen molar-refractivity contribution in [3.8, 4) is 0 Å². The van der Waals surface area contributed by atoms with E-state index in [1.807, 2.05) is 17.0 Å². The van der Waals surface area contributed by atoms with Gasteiger partial charge in [0.25, 0.3) is 11.8 Å². The fraction of sp³-hybridized carbons (Fsp3) is 0.391. The quantitative estimate of drug-likeness (QED) is 0.646. The van der Waals surface area contributed by atoms with E-state index in [0.29, 0.717) is 30.8 Å². The number of benzene rings is 2. The summed E-state index contributed by atoms with van der Waals surface area (Å²) in [5, 5.41) is 2.59. The number of carbonyl (C=O) groups is 2. The van der Waals surface area contributed by atoms with E-state index in [4.69, 9.17) is 0 Å². The molecular weight excluding hydrogens is 414 g/mol. The average Bonchev–Trinajstić information content (AvgIpc) is 3.63. The van der Waals surface area contributed by atoms with Gasteiger partial charge in [0.15, 0.2) is 0 Å². The average molecular weight is 444 g/mol. The first-order valence-electron chi connectivity index (χ1n) is 10.5. The van der Waals surface area contributed by atoms with Crippen molar-refractivity contribution in [1.82, 2.24) is 14.5 Å².